The van der Waals surface area contributed by atoms with E-state index in [1.54, 1.807) is 6.20 Å². The Balaban J connectivity index is 1.86. The first-order valence-electron chi connectivity index (χ1n) is 7.28. The molecule has 5 nitrogen and oxygen atoms in total. The molecule has 1 unspecified atom stereocenters. The Morgan fingerprint density at radius 3 is 2.55 bits per heavy atom. The molecule has 5 heteroatoms. The number of carbonyl (C=O) groups excluding carboxylic acids is 1. The van der Waals surface area contributed by atoms with Crippen LogP contribution in [0.3, 0.4) is 0 Å². The smallest absolute Gasteiger partial charge is 0.239 e. The van der Waals surface area contributed by atoms with Crippen LogP contribution < -0.4 is 10.6 Å². The van der Waals surface area contributed by atoms with Gasteiger partial charge in [0.15, 0.2) is 0 Å². The fraction of sp³-hybridized carbons (Fsp3) is 0.600. The summed E-state index contributed by atoms with van der Waals surface area (Å²) in [6, 6.07) is 5.53. The van der Waals surface area contributed by atoms with Gasteiger partial charge in [-0.2, -0.15) is 0 Å². The summed E-state index contributed by atoms with van der Waals surface area (Å²) in [5.41, 5.74) is 5.98. The van der Waals surface area contributed by atoms with Gasteiger partial charge in [0.05, 0.1) is 6.04 Å². The molecular weight excluding hydrogens is 252 g/mol. The molecule has 2 heterocycles. The zero-order valence-electron chi connectivity index (χ0n) is 12.3. The van der Waals surface area contributed by atoms with Crippen LogP contribution in [0.2, 0.25) is 0 Å². The summed E-state index contributed by atoms with van der Waals surface area (Å²) in [7, 11) is 0. The van der Waals surface area contributed by atoms with Crippen molar-refractivity contribution in [2.75, 3.05) is 31.1 Å². The van der Waals surface area contributed by atoms with Gasteiger partial charge in [-0.05, 0) is 24.5 Å². The summed E-state index contributed by atoms with van der Waals surface area (Å²) in [6.45, 7) is 7.26. The standard InChI is InChI=1S/C15H24N4O/c1-12(2)11-13(16)15(20)19-9-7-18(8-10-19)14-5-3-4-6-17-14/h3-6,12-13H,7-11,16H2,1-2H3. The molecule has 2 N–H and O–H groups in total. The van der Waals surface area contributed by atoms with E-state index in [2.05, 4.69) is 23.7 Å². The molecule has 0 radical (unpaired) electrons. The van der Waals surface area contributed by atoms with Crippen molar-refractivity contribution in [1.82, 2.24) is 9.88 Å². The van der Waals surface area contributed by atoms with E-state index in [9.17, 15) is 4.79 Å². The van der Waals surface area contributed by atoms with Crippen molar-refractivity contribution in [3.63, 3.8) is 0 Å². The predicted octanol–water partition coefficient (Wildman–Crippen LogP) is 1.10. The van der Waals surface area contributed by atoms with Crippen molar-refractivity contribution in [2.24, 2.45) is 11.7 Å². The van der Waals surface area contributed by atoms with Gasteiger partial charge in [0.1, 0.15) is 5.82 Å². The Morgan fingerprint density at radius 2 is 2.00 bits per heavy atom. The Hall–Kier alpha value is -1.62. The van der Waals surface area contributed by atoms with Crippen molar-refractivity contribution in [1.29, 1.82) is 0 Å². The molecule has 1 atom stereocenters. The maximum atomic E-state index is 12.2. The van der Waals surface area contributed by atoms with Crippen LogP contribution in [-0.4, -0.2) is 48.0 Å². The van der Waals surface area contributed by atoms with Crippen molar-refractivity contribution in [2.45, 2.75) is 26.3 Å². The molecule has 1 aromatic heterocycles. The SMILES string of the molecule is CC(C)CC(N)C(=O)N1CCN(c2ccccn2)CC1. The summed E-state index contributed by atoms with van der Waals surface area (Å²) in [5, 5.41) is 0. The zero-order valence-corrected chi connectivity index (χ0v) is 12.3. The Labute approximate surface area is 120 Å². The second kappa shape index (κ2) is 6.70. The average molecular weight is 276 g/mol. The van der Waals surface area contributed by atoms with Crippen molar-refractivity contribution < 1.29 is 4.79 Å². The first-order chi connectivity index (χ1) is 9.58. The fourth-order valence-corrected chi connectivity index (χ4v) is 2.54. The number of carbonyl (C=O) groups is 1. The molecular formula is C15H24N4O. The van der Waals surface area contributed by atoms with Gasteiger partial charge < -0.3 is 15.5 Å². The molecule has 1 fully saturated rings. The number of hydrogen-bond acceptors (Lipinski definition) is 4. The quantitative estimate of drug-likeness (QED) is 0.894. The minimum atomic E-state index is -0.364. The van der Waals surface area contributed by atoms with Crippen LogP contribution >= 0.6 is 0 Å². The van der Waals surface area contributed by atoms with Gasteiger partial charge in [0, 0.05) is 32.4 Å². The highest BCUT2D eigenvalue weighted by Gasteiger charge is 2.25. The molecule has 0 aromatic carbocycles. The van der Waals surface area contributed by atoms with E-state index in [0.29, 0.717) is 5.92 Å². The van der Waals surface area contributed by atoms with Gasteiger partial charge in [0.2, 0.25) is 5.91 Å². The summed E-state index contributed by atoms with van der Waals surface area (Å²) < 4.78 is 0. The Morgan fingerprint density at radius 1 is 1.30 bits per heavy atom. The van der Waals surface area contributed by atoms with Crippen molar-refractivity contribution in [3.8, 4) is 0 Å². The molecule has 1 aromatic rings. The van der Waals surface area contributed by atoms with Crippen LogP contribution in [-0.2, 0) is 4.79 Å². The number of piperazine rings is 1. The maximum Gasteiger partial charge on any atom is 0.239 e. The molecule has 20 heavy (non-hydrogen) atoms. The van der Waals surface area contributed by atoms with Gasteiger partial charge in [-0.3, -0.25) is 4.79 Å². The third-order valence-electron chi connectivity index (χ3n) is 3.61. The highest BCUT2D eigenvalue weighted by Crippen LogP contribution is 2.14. The Kier molecular flexibility index (Phi) is 4.95. The lowest BCUT2D eigenvalue weighted by atomic mass is 10.0. The van der Waals surface area contributed by atoms with Crippen LogP contribution in [0.15, 0.2) is 24.4 Å². The summed E-state index contributed by atoms with van der Waals surface area (Å²) in [5.74, 6) is 1.51. The van der Waals surface area contributed by atoms with Crippen LogP contribution in [0.1, 0.15) is 20.3 Å². The number of anilines is 1. The summed E-state index contributed by atoms with van der Waals surface area (Å²) in [4.78, 5) is 20.7. The van der Waals surface area contributed by atoms with E-state index in [-0.39, 0.29) is 11.9 Å². The molecule has 1 amide bonds. The van der Waals surface area contributed by atoms with E-state index < -0.39 is 0 Å². The van der Waals surface area contributed by atoms with Crippen LogP contribution in [0.25, 0.3) is 0 Å². The Bertz CT molecular complexity index is 427. The second-order valence-corrected chi connectivity index (χ2v) is 5.74. The van der Waals surface area contributed by atoms with Crippen LogP contribution in [0.4, 0.5) is 5.82 Å². The lowest BCUT2D eigenvalue weighted by Gasteiger charge is -2.36. The molecule has 110 valence electrons. The van der Waals surface area contributed by atoms with E-state index in [4.69, 9.17) is 5.73 Å². The van der Waals surface area contributed by atoms with Crippen molar-refractivity contribution >= 4 is 11.7 Å². The normalized spacial score (nSPS) is 17.4. The zero-order chi connectivity index (χ0) is 14.5. The number of hydrogen-bond donors (Lipinski definition) is 1. The van der Waals surface area contributed by atoms with Gasteiger partial charge in [-0.25, -0.2) is 4.98 Å². The fourth-order valence-electron chi connectivity index (χ4n) is 2.54. The highest BCUT2D eigenvalue weighted by molar-refractivity contribution is 5.81. The van der Waals surface area contributed by atoms with Crippen LogP contribution in [0, 0.1) is 5.92 Å². The first-order valence-corrected chi connectivity index (χ1v) is 7.28. The highest BCUT2D eigenvalue weighted by atomic mass is 16.2. The topological polar surface area (TPSA) is 62.5 Å². The molecule has 0 spiro atoms. The minimum absolute atomic E-state index is 0.0828. The van der Waals surface area contributed by atoms with Gasteiger partial charge >= 0.3 is 0 Å². The maximum absolute atomic E-state index is 12.2. The molecule has 0 saturated carbocycles. The van der Waals surface area contributed by atoms with E-state index >= 15 is 0 Å². The summed E-state index contributed by atoms with van der Waals surface area (Å²) in [6.07, 6.45) is 2.55. The summed E-state index contributed by atoms with van der Waals surface area (Å²) >= 11 is 0. The third-order valence-corrected chi connectivity index (χ3v) is 3.61. The molecule has 1 aliphatic heterocycles. The third kappa shape index (κ3) is 3.70. The number of nitrogens with two attached hydrogens (primary N) is 1. The van der Waals surface area contributed by atoms with Gasteiger partial charge in [-0.1, -0.05) is 19.9 Å². The second-order valence-electron chi connectivity index (χ2n) is 5.74. The average Bonchev–Trinajstić information content (AvgIpc) is 2.47. The number of pyridine rings is 1. The predicted molar refractivity (Wildman–Crippen MR) is 80.5 cm³/mol. The monoisotopic (exact) mass is 276 g/mol. The van der Waals surface area contributed by atoms with E-state index in [0.717, 1.165) is 38.4 Å². The first kappa shape index (κ1) is 14.8. The van der Waals surface area contributed by atoms with E-state index in [1.807, 2.05) is 23.1 Å². The number of aromatic nitrogens is 1. The number of amides is 1. The number of rotatable bonds is 4. The van der Waals surface area contributed by atoms with Crippen LogP contribution in [0.5, 0.6) is 0 Å². The van der Waals surface area contributed by atoms with Gasteiger partial charge in [-0.15, -0.1) is 0 Å². The lowest BCUT2D eigenvalue weighted by molar-refractivity contribution is -0.133. The molecule has 0 aliphatic carbocycles. The molecule has 1 saturated heterocycles. The van der Waals surface area contributed by atoms with Crippen molar-refractivity contribution in [3.05, 3.63) is 24.4 Å². The minimum Gasteiger partial charge on any atom is -0.353 e. The van der Waals surface area contributed by atoms with E-state index in [1.165, 1.54) is 0 Å². The van der Waals surface area contributed by atoms with Gasteiger partial charge in [0.25, 0.3) is 0 Å². The molecule has 1 aliphatic rings. The largest absolute Gasteiger partial charge is 0.353 e. The molecule has 0 bridgehead atoms. The molecule has 2 rings (SSSR count). The number of nitrogens with zero attached hydrogens (tertiary/aromatic N) is 3. The lowest BCUT2D eigenvalue weighted by Crippen LogP contribution is -2.53.